The highest BCUT2D eigenvalue weighted by Crippen LogP contribution is 2.25. The van der Waals surface area contributed by atoms with E-state index in [4.69, 9.17) is 0 Å². The lowest BCUT2D eigenvalue weighted by Crippen LogP contribution is -1.84. The van der Waals surface area contributed by atoms with Crippen LogP contribution in [0.25, 0.3) is 0 Å². The third kappa shape index (κ3) is 3.82. The molecule has 0 aromatic heterocycles. The zero-order valence-corrected chi connectivity index (χ0v) is 11.2. The summed E-state index contributed by atoms with van der Waals surface area (Å²) in [6, 6.07) is 11.4. The summed E-state index contributed by atoms with van der Waals surface area (Å²) in [5.41, 5.74) is 1.11. The standard InChI is InChI=1S/C13H9BrF2S/c14-10-3-1-2-9(4-10)8-17-13-6-11(15)5-12(16)7-13/h1-7H,8H2. The van der Waals surface area contributed by atoms with Crippen LogP contribution in [-0.2, 0) is 5.75 Å². The van der Waals surface area contributed by atoms with Crippen molar-refractivity contribution in [2.24, 2.45) is 0 Å². The highest BCUT2D eigenvalue weighted by Gasteiger charge is 2.02. The third-order valence-corrected chi connectivity index (χ3v) is 3.67. The van der Waals surface area contributed by atoms with E-state index in [1.165, 1.54) is 23.9 Å². The van der Waals surface area contributed by atoms with E-state index in [1.807, 2.05) is 24.3 Å². The molecule has 0 spiro atoms. The Bertz CT molecular complexity index is 508. The number of hydrogen-bond donors (Lipinski definition) is 0. The molecule has 2 rings (SSSR count). The first kappa shape index (κ1) is 12.6. The third-order valence-electron chi connectivity index (χ3n) is 2.13. The maximum absolute atomic E-state index is 13.0. The Labute approximate surface area is 111 Å². The molecule has 0 N–H and O–H groups in total. The van der Waals surface area contributed by atoms with E-state index in [0.717, 1.165) is 16.1 Å². The molecule has 0 amide bonds. The Hall–Kier alpha value is -0.870. The number of rotatable bonds is 3. The molecule has 0 aliphatic carbocycles. The first-order valence-electron chi connectivity index (χ1n) is 4.97. The molecular formula is C13H9BrF2S. The van der Waals surface area contributed by atoms with Crippen molar-refractivity contribution in [2.45, 2.75) is 10.6 Å². The molecule has 0 saturated carbocycles. The lowest BCUT2D eigenvalue weighted by Gasteiger charge is -2.03. The molecule has 0 nitrogen and oxygen atoms in total. The largest absolute Gasteiger partial charge is 0.207 e. The van der Waals surface area contributed by atoms with Gasteiger partial charge in [-0.1, -0.05) is 28.1 Å². The van der Waals surface area contributed by atoms with Gasteiger partial charge < -0.3 is 0 Å². The van der Waals surface area contributed by atoms with Gasteiger partial charge in [-0.15, -0.1) is 11.8 Å². The first-order valence-corrected chi connectivity index (χ1v) is 6.75. The van der Waals surface area contributed by atoms with Crippen molar-refractivity contribution in [1.29, 1.82) is 0 Å². The predicted octanol–water partition coefficient (Wildman–Crippen LogP) is 5.02. The number of hydrogen-bond acceptors (Lipinski definition) is 1. The molecule has 2 aromatic rings. The monoisotopic (exact) mass is 314 g/mol. The van der Waals surface area contributed by atoms with Crippen molar-refractivity contribution in [3.05, 3.63) is 64.1 Å². The minimum atomic E-state index is -0.540. The fourth-order valence-corrected chi connectivity index (χ4v) is 2.76. The molecule has 0 fully saturated rings. The molecule has 0 saturated heterocycles. The lowest BCUT2D eigenvalue weighted by molar-refractivity contribution is 0.577. The second-order valence-electron chi connectivity index (χ2n) is 3.52. The van der Waals surface area contributed by atoms with Gasteiger partial charge in [0.25, 0.3) is 0 Å². The van der Waals surface area contributed by atoms with Crippen molar-refractivity contribution in [3.63, 3.8) is 0 Å². The van der Waals surface area contributed by atoms with Gasteiger partial charge in [-0.3, -0.25) is 0 Å². The van der Waals surface area contributed by atoms with Crippen molar-refractivity contribution >= 4 is 27.7 Å². The first-order chi connectivity index (χ1) is 8.13. The van der Waals surface area contributed by atoms with Crippen LogP contribution in [-0.4, -0.2) is 0 Å². The van der Waals surface area contributed by atoms with E-state index in [9.17, 15) is 8.78 Å². The predicted molar refractivity (Wildman–Crippen MR) is 70.1 cm³/mol. The maximum atomic E-state index is 13.0. The molecule has 0 heterocycles. The van der Waals surface area contributed by atoms with Gasteiger partial charge in [-0.25, -0.2) is 8.78 Å². The molecular weight excluding hydrogens is 306 g/mol. The zero-order valence-electron chi connectivity index (χ0n) is 8.79. The summed E-state index contributed by atoms with van der Waals surface area (Å²) in [5, 5.41) is 0. The average molecular weight is 315 g/mol. The van der Waals surface area contributed by atoms with Gasteiger partial charge in [0.2, 0.25) is 0 Å². The Morgan fingerprint density at radius 3 is 2.35 bits per heavy atom. The summed E-state index contributed by atoms with van der Waals surface area (Å²) in [7, 11) is 0. The van der Waals surface area contributed by atoms with Crippen LogP contribution in [0.1, 0.15) is 5.56 Å². The Balaban J connectivity index is 2.07. The molecule has 0 aliphatic heterocycles. The van der Waals surface area contributed by atoms with Crippen LogP contribution in [0.15, 0.2) is 51.8 Å². The Kier molecular flexibility index (Phi) is 4.18. The fourth-order valence-electron chi connectivity index (χ4n) is 1.41. The highest BCUT2D eigenvalue weighted by atomic mass is 79.9. The number of benzene rings is 2. The average Bonchev–Trinajstić information content (AvgIpc) is 2.25. The van der Waals surface area contributed by atoms with E-state index >= 15 is 0 Å². The Morgan fingerprint density at radius 1 is 1.00 bits per heavy atom. The lowest BCUT2D eigenvalue weighted by atomic mass is 10.2. The second kappa shape index (κ2) is 5.65. The Morgan fingerprint density at radius 2 is 1.71 bits per heavy atom. The summed E-state index contributed by atoms with van der Waals surface area (Å²) < 4.78 is 26.9. The van der Waals surface area contributed by atoms with Crippen LogP contribution in [0.4, 0.5) is 8.78 Å². The smallest absolute Gasteiger partial charge is 0.127 e. The maximum Gasteiger partial charge on any atom is 0.127 e. The summed E-state index contributed by atoms with van der Waals surface area (Å²) in [6.45, 7) is 0. The van der Waals surface area contributed by atoms with E-state index in [1.54, 1.807) is 0 Å². The summed E-state index contributed by atoms with van der Waals surface area (Å²) in [6.07, 6.45) is 0. The molecule has 0 atom stereocenters. The van der Waals surface area contributed by atoms with Crippen LogP contribution in [0.3, 0.4) is 0 Å². The van der Waals surface area contributed by atoms with Gasteiger partial charge in [0.15, 0.2) is 0 Å². The topological polar surface area (TPSA) is 0 Å². The molecule has 0 aliphatic rings. The molecule has 4 heteroatoms. The SMILES string of the molecule is Fc1cc(F)cc(SCc2cccc(Br)c2)c1. The molecule has 0 radical (unpaired) electrons. The molecule has 17 heavy (non-hydrogen) atoms. The van der Waals surface area contributed by atoms with Crippen molar-refractivity contribution in [2.75, 3.05) is 0 Å². The molecule has 88 valence electrons. The summed E-state index contributed by atoms with van der Waals surface area (Å²) >= 11 is 4.79. The van der Waals surface area contributed by atoms with Gasteiger partial charge >= 0.3 is 0 Å². The van der Waals surface area contributed by atoms with Crippen LogP contribution in [0, 0.1) is 11.6 Å². The minimum absolute atomic E-state index is 0.540. The van der Waals surface area contributed by atoms with Crippen molar-refractivity contribution in [3.8, 4) is 0 Å². The number of thioether (sulfide) groups is 1. The van der Waals surface area contributed by atoms with Crippen molar-refractivity contribution in [1.82, 2.24) is 0 Å². The van der Waals surface area contributed by atoms with Crippen LogP contribution >= 0.6 is 27.7 Å². The van der Waals surface area contributed by atoms with E-state index in [-0.39, 0.29) is 0 Å². The second-order valence-corrected chi connectivity index (χ2v) is 5.49. The summed E-state index contributed by atoms with van der Waals surface area (Å²) in [5.74, 6) is -0.397. The zero-order chi connectivity index (χ0) is 12.3. The van der Waals surface area contributed by atoms with Crippen LogP contribution < -0.4 is 0 Å². The fraction of sp³-hybridized carbons (Fsp3) is 0.0769. The highest BCUT2D eigenvalue weighted by molar-refractivity contribution is 9.10. The minimum Gasteiger partial charge on any atom is -0.207 e. The molecule has 0 bridgehead atoms. The summed E-state index contributed by atoms with van der Waals surface area (Å²) in [4.78, 5) is 0.600. The quantitative estimate of drug-likeness (QED) is 0.717. The number of halogens is 3. The van der Waals surface area contributed by atoms with Gasteiger partial charge in [0.1, 0.15) is 11.6 Å². The molecule has 0 unspecified atom stereocenters. The van der Waals surface area contributed by atoms with E-state index in [0.29, 0.717) is 10.6 Å². The van der Waals surface area contributed by atoms with Crippen LogP contribution in [0.2, 0.25) is 0 Å². The normalized spacial score (nSPS) is 10.5. The van der Waals surface area contributed by atoms with E-state index in [2.05, 4.69) is 15.9 Å². The van der Waals surface area contributed by atoms with Gasteiger partial charge in [-0.05, 0) is 29.8 Å². The van der Waals surface area contributed by atoms with Crippen LogP contribution in [0.5, 0.6) is 0 Å². The van der Waals surface area contributed by atoms with Gasteiger partial charge in [-0.2, -0.15) is 0 Å². The molecule has 2 aromatic carbocycles. The van der Waals surface area contributed by atoms with Gasteiger partial charge in [0, 0.05) is 21.2 Å². The van der Waals surface area contributed by atoms with Gasteiger partial charge in [0.05, 0.1) is 0 Å². The van der Waals surface area contributed by atoms with Crippen molar-refractivity contribution < 1.29 is 8.78 Å². The van der Waals surface area contributed by atoms with E-state index < -0.39 is 11.6 Å².